The highest BCUT2D eigenvalue weighted by atomic mass is 16.3. The first-order valence-corrected chi connectivity index (χ1v) is 7.23. The molecule has 0 aliphatic carbocycles. The fourth-order valence-electron chi connectivity index (χ4n) is 2.50. The summed E-state index contributed by atoms with van der Waals surface area (Å²) in [7, 11) is 0. The van der Waals surface area contributed by atoms with Crippen LogP contribution in [0.4, 0.5) is 0 Å². The molecule has 1 amide bonds. The minimum Gasteiger partial charge on any atom is -0.507 e. The Hall–Kier alpha value is -2.81. The number of nitrogens with one attached hydrogen (secondary N) is 1. The van der Waals surface area contributed by atoms with Gasteiger partial charge in [0.1, 0.15) is 5.75 Å². The Morgan fingerprint density at radius 2 is 1.64 bits per heavy atom. The Balaban J connectivity index is 1.82. The lowest BCUT2D eigenvalue weighted by Crippen LogP contribution is -2.26. The van der Waals surface area contributed by atoms with Crippen molar-refractivity contribution in [3.63, 3.8) is 0 Å². The van der Waals surface area contributed by atoms with Crippen LogP contribution in [0.3, 0.4) is 0 Å². The van der Waals surface area contributed by atoms with Crippen molar-refractivity contribution < 1.29 is 9.90 Å². The molecule has 0 saturated carbocycles. The zero-order chi connectivity index (χ0) is 15.5. The van der Waals surface area contributed by atoms with Crippen LogP contribution in [0.15, 0.2) is 66.7 Å². The van der Waals surface area contributed by atoms with Gasteiger partial charge < -0.3 is 10.4 Å². The third-order valence-corrected chi connectivity index (χ3v) is 3.77. The number of benzene rings is 3. The van der Waals surface area contributed by atoms with Gasteiger partial charge in [-0.3, -0.25) is 4.79 Å². The molecule has 0 fully saturated rings. The van der Waals surface area contributed by atoms with Crippen molar-refractivity contribution in [2.45, 2.75) is 13.0 Å². The van der Waals surface area contributed by atoms with Crippen LogP contribution in [-0.4, -0.2) is 11.0 Å². The molecule has 0 aliphatic heterocycles. The normalized spacial score (nSPS) is 12.0. The van der Waals surface area contributed by atoms with Gasteiger partial charge in [-0.2, -0.15) is 0 Å². The Morgan fingerprint density at radius 3 is 2.41 bits per heavy atom. The van der Waals surface area contributed by atoms with Crippen LogP contribution < -0.4 is 5.32 Å². The highest BCUT2D eigenvalue weighted by Gasteiger charge is 2.14. The van der Waals surface area contributed by atoms with Crippen LogP contribution in [0, 0.1) is 0 Å². The van der Waals surface area contributed by atoms with Crippen molar-refractivity contribution in [3.8, 4) is 5.75 Å². The van der Waals surface area contributed by atoms with Gasteiger partial charge in [-0.15, -0.1) is 0 Å². The third kappa shape index (κ3) is 2.79. The number of phenols is 1. The molecule has 3 rings (SSSR count). The molecule has 3 aromatic carbocycles. The van der Waals surface area contributed by atoms with Crippen molar-refractivity contribution in [1.29, 1.82) is 0 Å². The number of carbonyl (C=O) groups is 1. The largest absolute Gasteiger partial charge is 0.507 e. The monoisotopic (exact) mass is 291 g/mol. The van der Waals surface area contributed by atoms with E-state index < -0.39 is 0 Å². The quantitative estimate of drug-likeness (QED) is 0.765. The van der Waals surface area contributed by atoms with E-state index in [1.807, 2.05) is 31.2 Å². The maximum Gasteiger partial charge on any atom is 0.255 e. The lowest BCUT2D eigenvalue weighted by atomic mass is 10.0. The van der Waals surface area contributed by atoms with E-state index in [1.54, 1.807) is 18.2 Å². The molecule has 22 heavy (non-hydrogen) atoms. The molecule has 3 heteroatoms. The second-order valence-electron chi connectivity index (χ2n) is 5.32. The van der Waals surface area contributed by atoms with Crippen molar-refractivity contribution in [2.75, 3.05) is 0 Å². The van der Waals surface area contributed by atoms with Crippen molar-refractivity contribution in [3.05, 3.63) is 77.9 Å². The molecule has 0 heterocycles. The molecule has 0 bridgehead atoms. The van der Waals surface area contributed by atoms with Gasteiger partial charge in [-0.1, -0.05) is 48.5 Å². The lowest BCUT2D eigenvalue weighted by molar-refractivity contribution is 0.0937. The Labute approximate surface area is 129 Å². The fraction of sp³-hybridized carbons (Fsp3) is 0.105. The van der Waals surface area contributed by atoms with Crippen LogP contribution in [-0.2, 0) is 0 Å². The molecule has 0 saturated heterocycles. The number of carbonyl (C=O) groups excluding carboxylic acids is 1. The van der Waals surface area contributed by atoms with Crippen LogP contribution in [0.2, 0.25) is 0 Å². The second-order valence-corrected chi connectivity index (χ2v) is 5.32. The summed E-state index contributed by atoms with van der Waals surface area (Å²) in [5.41, 5.74) is 1.32. The first kappa shape index (κ1) is 14.1. The van der Waals surface area contributed by atoms with E-state index in [9.17, 15) is 9.90 Å². The van der Waals surface area contributed by atoms with E-state index in [0.29, 0.717) is 0 Å². The highest BCUT2D eigenvalue weighted by Crippen LogP contribution is 2.22. The van der Waals surface area contributed by atoms with Gasteiger partial charge in [0.15, 0.2) is 0 Å². The van der Waals surface area contributed by atoms with E-state index in [-0.39, 0.29) is 23.3 Å². The molecule has 1 unspecified atom stereocenters. The van der Waals surface area contributed by atoms with Gasteiger partial charge in [-0.25, -0.2) is 0 Å². The summed E-state index contributed by atoms with van der Waals surface area (Å²) < 4.78 is 0. The summed E-state index contributed by atoms with van der Waals surface area (Å²) in [6.45, 7) is 1.93. The molecule has 0 aromatic heterocycles. The Morgan fingerprint density at radius 1 is 0.955 bits per heavy atom. The molecule has 3 aromatic rings. The molecule has 110 valence electrons. The summed E-state index contributed by atoms with van der Waals surface area (Å²) in [4.78, 5) is 12.2. The number of para-hydroxylation sites is 1. The number of aromatic hydroxyl groups is 1. The van der Waals surface area contributed by atoms with Gasteiger partial charge in [0.2, 0.25) is 0 Å². The van der Waals surface area contributed by atoms with E-state index in [1.165, 1.54) is 11.5 Å². The van der Waals surface area contributed by atoms with E-state index >= 15 is 0 Å². The number of amides is 1. The fourth-order valence-corrected chi connectivity index (χ4v) is 2.50. The van der Waals surface area contributed by atoms with Gasteiger partial charge >= 0.3 is 0 Å². The van der Waals surface area contributed by atoms with Gasteiger partial charge in [0.05, 0.1) is 11.6 Å². The molecule has 3 nitrogen and oxygen atoms in total. The van der Waals surface area contributed by atoms with Crippen molar-refractivity contribution in [2.24, 2.45) is 0 Å². The molecule has 0 aliphatic rings. The minimum atomic E-state index is -0.279. The molecule has 2 N–H and O–H groups in total. The standard InChI is InChI=1S/C19H17NO2/c1-13(20-19(22)17-8-4-5-9-18(17)21)15-11-10-14-6-2-3-7-16(14)12-15/h2-13,21H,1H3,(H,20,22). The van der Waals surface area contributed by atoms with E-state index in [4.69, 9.17) is 0 Å². The average Bonchev–Trinajstić information content (AvgIpc) is 2.54. The third-order valence-electron chi connectivity index (χ3n) is 3.77. The molecular weight excluding hydrogens is 274 g/mol. The van der Waals surface area contributed by atoms with Crippen LogP contribution in [0.5, 0.6) is 5.75 Å². The lowest BCUT2D eigenvalue weighted by Gasteiger charge is -2.15. The number of rotatable bonds is 3. The Kier molecular flexibility index (Phi) is 3.79. The summed E-state index contributed by atoms with van der Waals surface area (Å²) in [6.07, 6.45) is 0. The van der Waals surface area contributed by atoms with Crippen LogP contribution in [0.25, 0.3) is 10.8 Å². The summed E-state index contributed by atoms with van der Waals surface area (Å²) >= 11 is 0. The first-order valence-electron chi connectivity index (χ1n) is 7.23. The van der Waals surface area contributed by atoms with E-state index in [0.717, 1.165) is 10.9 Å². The number of fused-ring (bicyclic) bond motifs is 1. The number of hydrogen-bond donors (Lipinski definition) is 2. The summed E-state index contributed by atoms with van der Waals surface area (Å²) in [5.74, 6) is -0.288. The summed E-state index contributed by atoms with van der Waals surface area (Å²) in [6, 6.07) is 20.7. The minimum absolute atomic E-state index is 0.00860. The van der Waals surface area contributed by atoms with Gasteiger partial charge in [-0.05, 0) is 41.5 Å². The van der Waals surface area contributed by atoms with Gasteiger partial charge in [0.25, 0.3) is 5.91 Å². The first-order chi connectivity index (χ1) is 10.6. The highest BCUT2D eigenvalue weighted by molar-refractivity contribution is 5.97. The predicted molar refractivity (Wildman–Crippen MR) is 87.9 cm³/mol. The number of hydrogen-bond acceptors (Lipinski definition) is 2. The second kappa shape index (κ2) is 5.90. The average molecular weight is 291 g/mol. The zero-order valence-corrected chi connectivity index (χ0v) is 12.3. The zero-order valence-electron chi connectivity index (χ0n) is 12.3. The summed E-state index contributed by atoms with van der Waals surface area (Å²) in [5, 5.41) is 15.0. The van der Waals surface area contributed by atoms with Crippen LogP contribution in [0.1, 0.15) is 28.9 Å². The SMILES string of the molecule is CC(NC(=O)c1ccccc1O)c1ccc2ccccc2c1. The van der Waals surface area contributed by atoms with E-state index in [2.05, 4.69) is 23.5 Å². The van der Waals surface area contributed by atoms with Crippen LogP contribution >= 0.6 is 0 Å². The maximum atomic E-state index is 12.2. The molecular formula is C19H17NO2. The topological polar surface area (TPSA) is 49.3 Å². The molecule has 1 atom stereocenters. The van der Waals surface area contributed by atoms with Crippen molar-refractivity contribution >= 4 is 16.7 Å². The molecule has 0 spiro atoms. The number of phenolic OH excluding ortho intramolecular Hbond substituents is 1. The Bertz CT molecular complexity index is 826. The predicted octanol–water partition coefficient (Wildman–Crippen LogP) is 4.04. The van der Waals surface area contributed by atoms with Crippen molar-refractivity contribution in [1.82, 2.24) is 5.32 Å². The maximum absolute atomic E-state index is 12.2. The smallest absolute Gasteiger partial charge is 0.255 e. The van der Waals surface area contributed by atoms with Gasteiger partial charge in [0, 0.05) is 0 Å². The molecule has 0 radical (unpaired) electrons.